The Labute approximate surface area is 193 Å². The molecule has 1 atom stereocenters. The first-order valence-electron chi connectivity index (χ1n) is 10.7. The molecule has 2 aromatic rings. The Morgan fingerprint density at radius 2 is 1.74 bits per heavy atom. The minimum atomic E-state index is -0.101. The van der Waals surface area contributed by atoms with Crippen LogP contribution in [0.5, 0.6) is 0 Å². The van der Waals surface area contributed by atoms with E-state index >= 15 is 0 Å². The molecule has 1 amide bonds. The van der Waals surface area contributed by atoms with Crippen LogP contribution in [0.25, 0.3) is 0 Å². The Morgan fingerprint density at radius 1 is 1.03 bits per heavy atom. The molecule has 7 heteroatoms. The predicted octanol–water partition coefficient (Wildman–Crippen LogP) is 6.39. The van der Waals surface area contributed by atoms with E-state index in [0.29, 0.717) is 16.1 Å². The van der Waals surface area contributed by atoms with Crippen LogP contribution in [0, 0.1) is 5.92 Å². The highest BCUT2D eigenvalue weighted by Crippen LogP contribution is 2.39. The zero-order valence-corrected chi connectivity index (χ0v) is 19.2. The number of fused-ring (bicyclic) bond motifs is 1. The Morgan fingerprint density at radius 3 is 2.45 bits per heavy atom. The lowest BCUT2D eigenvalue weighted by Gasteiger charge is -2.39. The van der Waals surface area contributed by atoms with E-state index in [2.05, 4.69) is 33.0 Å². The van der Waals surface area contributed by atoms with Crippen LogP contribution in [0.15, 0.2) is 54.2 Å². The summed E-state index contributed by atoms with van der Waals surface area (Å²) < 4.78 is 0. The number of hydrogen-bond donors (Lipinski definition) is 3. The van der Waals surface area contributed by atoms with Crippen molar-refractivity contribution < 1.29 is 4.79 Å². The molecular formula is C24H27ClN4OS. The lowest BCUT2D eigenvalue weighted by Crippen LogP contribution is -2.34. The van der Waals surface area contributed by atoms with Gasteiger partial charge in [0.1, 0.15) is 0 Å². The van der Waals surface area contributed by atoms with E-state index in [1.54, 1.807) is 0 Å². The van der Waals surface area contributed by atoms with Gasteiger partial charge in [0.05, 0.1) is 10.7 Å². The number of amides is 1. The van der Waals surface area contributed by atoms with Gasteiger partial charge < -0.3 is 20.9 Å². The van der Waals surface area contributed by atoms with Crippen LogP contribution < -0.4 is 20.9 Å². The van der Waals surface area contributed by atoms with Crippen molar-refractivity contribution in [2.24, 2.45) is 5.92 Å². The molecule has 3 N–H and O–H groups in total. The average molecular weight is 455 g/mol. The Bertz CT molecular complexity index is 1010. The third-order valence-electron chi connectivity index (χ3n) is 5.75. The van der Waals surface area contributed by atoms with E-state index in [1.165, 1.54) is 44.7 Å². The number of halogens is 1. The third kappa shape index (κ3) is 5.38. The fraction of sp³-hybridized carbons (Fsp3) is 0.333. The highest BCUT2D eigenvalue weighted by molar-refractivity contribution is 7.80. The summed E-state index contributed by atoms with van der Waals surface area (Å²) in [7, 11) is 0. The number of carbonyl (C=O) groups excluding carboxylic acids is 1. The number of rotatable bonds is 4. The predicted molar refractivity (Wildman–Crippen MR) is 134 cm³/mol. The summed E-state index contributed by atoms with van der Waals surface area (Å²) in [6, 6.07) is 13.5. The summed E-state index contributed by atoms with van der Waals surface area (Å²) in [5.74, 6) is 0.587. The van der Waals surface area contributed by atoms with Gasteiger partial charge in [-0.25, -0.2) is 0 Å². The normalized spacial score (nSPS) is 17.9. The molecule has 1 saturated heterocycles. The number of nitrogens with zero attached hydrogens (tertiary/aromatic N) is 1. The lowest BCUT2D eigenvalue weighted by molar-refractivity contribution is -0.114. The van der Waals surface area contributed by atoms with Crippen LogP contribution in [-0.4, -0.2) is 17.6 Å². The largest absolute Gasteiger partial charge is 0.345 e. The molecule has 0 aromatic heterocycles. The molecule has 1 heterocycles. The van der Waals surface area contributed by atoms with Crippen LogP contribution in [0.3, 0.4) is 0 Å². The topological polar surface area (TPSA) is 56.4 Å². The Hall–Kier alpha value is -2.57. The van der Waals surface area contributed by atoms with Crippen molar-refractivity contribution in [2.45, 2.75) is 39.0 Å². The van der Waals surface area contributed by atoms with Gasteiger partial charge in [0, 0.05) is 36.2 Å². The number of carbonyl (C=O) groups is 1. The summed E-state index contributed by atoms with van der Waals surface area (Å²) in [6.07, 6.45) is 8.67. The van der Waals surface area contributed by atoms with E-state index in [4.69, 9.17) is 23.8 Å². The van der Waals surface area contributed by atoms with E-state index in [1.807, 2.05) is 36.4 Å². The first-order chi connectivity index (χ1) is 15.0. The molecule has 0 spiro atoms. The van der Waals surface area contributed by atoms with Crippen LogP contribution in [-0.2, 0) is 4.79 Å². The second-order valence-electron chi connectivity index (χ2n) is 8.05. The number of benzene rings is 2. The van der Waals surface area contributed by atoms with Gasteiger partial charge in [0.15, 0.2) is 5.11 Å². The fourth-order valence-electron chi connectivity index (χ4n) is 4.35. The van der Waals surface area contributed by atoms with E-state index < -0.39 is 0 Å². The van der Waals surface area contributed by atoms with E-state index in [-0.39, 0.29) is 5.91 Å². The fourth-order valence-corrected chi connectivity index (χ4v) is 4.80. The van der Waals surface area contributed by atoms with Crippen LogP contribution in [0.1, 0.15) is 39.0 Å². The van der Waals surface area contributed by atoms with Gasteiger partial charge in [0.25, 0.3) is 0 Å². The van der Waals surface area contributed by atoms with Gasteiger partial charge in [-0.1, -0.05) is 17.7 Å². The summed E-state index contributed by atoms with van der Waals surface area (Å²) in [5.41, 5.74) is 4.94. The van der Waals surface area contributed by atoms with Crippen molar-refractivity contribution in [3.05, 3.63) is 59.3 Å². The second-order valence-corrected chi connectivity index (χ2v) is 8.87. The number of allylic oxidation sites excluding steroid dienone is 2. The highest BCUT2D eigenvalue weighted by atomic mass is 35.5. The third-order valence-corrected chi connectivity index (χ3v) is 6.27. The number of piperidine rings is 1. The van der Waals surface area contributed by atoms with E-state index in [9.17, 15) is 4.79 Å². The van der Waals surface area contributed by atoms with Crippen molar-refractivity contribution in [2.75, 3.05) is 27.4 Å². The highest BCUT2D eigenvalue weighted by Gasteiger charge is 2.27. The maximum atomic E-state index is 11.1. The molecule has 0 bridgehead atoms. The molecule has 0 saturated carbocycles. The smallest absolute Gasteiger partial charge is 0.221 e. The van der Waals surface area contributed by atoms with Crippen LogP contribution >= 0.6 is 23.8 Å². The molecule has 1 aliphatic heterocycles. The first-order valence-corrected chi connectivity index (χ1v) is 11.5. The van der Waals surface area contributed by atoms with Crippen molar-refractivity contribution >= 4 is 57.6 Å². The molecule has 1 unspecified atom stereocenters. The minimum Gasteiger partial charge on any atom is -0.345 e. The molecule has 2 aromatic carbocycles. The number of thiocarbonyl (C=S) groups is 1. The number of nitrogens with one attached hydrogen (secondary N) is 3. The molecular weight excluding hydrogens is 428 g/mol. The van der Waals surface area contributed by atoms with Crippen molar-refractivity contribution in [3.63, 3.8) is 0 Å². The quantitative estimate of drug-likeness (QED) is 0.467. The average Bonchev–Trinajstić information content (AvgIpc) is 2.76. The lowest BCUT2D eigenvalue weighted by atomic mass is 9.84. The molecule has 1 aliphatic carbocycles. The number of anilines is 4. The van der Waals surface area contributed by atoms with E-state index in [0.717, 1.165) is 29.3 Å². The van der Waals surface area contributed by atoms with Gasteiger partial charge in [0.2, 0.25) is 5.91 Å². The molecule has 4 rings (SSSR count). The van der Waals surface area contributed by atoms with Gasteiger partial charge in [-0.15, -0.1) is 0 Å². The molecule has 5 nitrogen and oxygen atoms in total. The molecule has 162 valence electrons. The minimum absolute atomic E-state index is 0.101. The van der Waals surface area contributed by atoms with Crippen molar-refractivity contribution in [1.82, 2.24) is 0 Å². The molecule has 0 radical (unpaired) electrons. The summed E-state index contributed by atoms with van der Waals surface area (Å²) in [5, 5.41) is 10.2. The van der Waals surface area contributed by atoms with Gasteiger partial charge >= 0.3 is 0 Å². The van der Waals surface area contributed by atoms with Gasteiger partial charge in [-0.05, 0) is 92.7 Å². The second kappa shape index (κ2) is 9.71. The maximum Gasteiger partial charge on any atom is 0.221 e. The molecule has 31 heavy (non-hydrogen) atoms. The summed E-state index contributed by atoms with van der Waals surface area (Å²) >= 11 is 12.0. The van der Waals surface area contributed by atoms with Crippen molar-refractivity contribution in [3.8, 4) is 0 Å². The van der Waals surface area contributed by atoms with Gasteiger partial charge in [-0.3, -0.25) is 4.79 Å². The summed E-state index contributed by atoms with van der Waals surface area (Å²) in [6.45, 7) is 2.52. The maximum absolute atomic E-state index is 11.1. The first kappa shape index (κ1) is 21.7. The SMILES string of the molecule is CC(=O)Nc1ccc(NC(=S)Nc2ccc(N3CCCC4CCCC=C43)cc2Cl)cc1. The monoisotopic (exact) mass is 454 g/mol. The molecule has 2 aliphatic rings. The summed E-state index contributed by atoms with van der Waals surface area (Å²) in [4.78, 5) is 13.6. The van der Waals surface area contributed by atoms with Crippen molar-refractivity contribution in [1.29, 1.82) is 0 Å². The number of hydrogen-bond acceptors (Lipinski definition) is 3. The molecule has 1 fully saturated rings. The van der Waals surface area contributed by atoms with Crippen LogP contribution in [0.4, 0.5) is 22.7 Å². The standard InChI is InChI=1S/C24H27ClN4OS/c1-16(30)26-18-8-10-19(11-9-18)27-24(31)28-22-13-12-20(15-21(22)25)29-14-4-6-17-5-2-3-7-23(17)29/h7-13,15,17H,2-6,14H2,1H3,(H,26,30)(H2,27,28,31). The van der Waals surface area contributed by atoms with Gasteiger partial charge in [-0.2, -0.15) is 0 Å². The Balaban J connectivity index is 1.41. The van der Waals surface area contributed by atoms with Crippen LogP contribution in [0.2, 0.25) is 5.02 Å². The zero-order valence-electron chi connectivity index (χ0n) is 17.6. The Kier molecular flexibility index (Phi) is 6.78. The zero-order chi connectivity index (χ0) is 21.8.